The van der Waals surface area contributed by atoms with Gasteiger partial charge < -0.3 is 9.80 Å². The van der Waals surface area contributed by atoms with Crippen molar-refractivity contribution in [1.29, 1.82) is 0 Å². The molecule has 1 aromatic heterocycles. The predicted octanol–water partition coefficient (Wildman–Crippen LogP) is 2.29. The normalized spacial score (nSPS) is 16.9. The van der Waals surface area contributed by atoms with Gasteiger partial charge in [0.15, 0.2) is 0 Å². The molecule has 1 saturated heterocycles. The predicted molar refractivity (Wildman–Crippen MR) is 100 cm³/mol. The molecule has 3 amide bonds. The van der Waals surface area contributed by atoms with Gasteiger partial charge in [0, 0.05) is 45.0 Å². The van der Waals surface area contributed by atoms with Crippen LogP contribution in [0.5, 0.6) is 0 Å². The second-order valence-electron chi connectivity index (χ2n) is 7.11. The van der Waals surface area contributed by atoms with Crippen molar-refractivity contribution in [2.45, 2.75) is 6.18 Å². The molecule has 2 aliphatic rings. The molecule has 1 fully saturated rings. The number of alkyl halides is 3. The lowest BCUT2D eigenvalue weighted by molar-refractivity contribution is -0.137. The molecule has 3 heterocycles. The van der Waals surface area contributed by atoms with E-state index in [1.807, 2.05) is 4.90 Å². The highest BCUT2D eigenvalue weighted by Gasteiger charge is 2.34. The molecule has 1 aromatic carbocycles. The summed E-state index contributed by atoms with van der Waals surface area (Å²) in [5, 5.41) is 0. The molecule has 156 valence electrons. The van der Waals surface area contributed by atoms with Crippen LogP contribution in [0.3, 0.4) is 0 Å². The quantitative estimate of drug-likeness (QED) is 0.700. The number of benzene rings is 1. The lowest BCUT2D eigenvalue weighted by atomic mass is 10.0. The van der Waals surface area contributed by atoms with Crippen molar-refractivity contribution in [1.82, 2.24) is 14.8 Å². The van der Waals surface area contributed by atoms with Crippen LogP contribution in [0.25, 0.3) is 0 Å². The van der Waals surface area contributed by atoms with E-state index in [9.17, 15) is 27.6 Å². The summed E-state index contributed by atoms with van der Waals surface area (Å²) in [6.45, 7) is 1.53. The standard InChI is InChI=1S/C20H17F3N4O3/c1-25-18(29)14-4-2-12(10-15(14)19(25)30)17(28)27-8-6-26(7-9-27)16-5-3-13(11-24-16)20(21,22)23/h2-5,10-11H,6-9H2,1H3. The van der Waals surface area contributed by atoms with Crippen LogP contribution in [0.1, 0.15) is 36.6 Å². The number of fused-ring (bicyclic) bond motifs is 1. The van der Waals surface area contributed by atoms with Crippen LogP contribution < -0.4 is 4.90 Å². The van der Waals surface area contributed by atoms with Gasteiger partial charge in [-0.1, -0.05) is 0 Å². The molecule has 2 aliphatic heterocycles. The van der Waals surface area contributed by atoms with Crippen LogP contribution >= 0.6 is 0 Å². The first-order chi connectivity index (χ1) is 14.2. The molecule has 7 nitrogen and oxygen atoms in total. The summed E-state index contributed by atoms with van der Waals surface area (Å²) in [6, 6.07) is 6.74. The van der Waals surface area contributed by atoms with E-state index < -0.39 is 23.6 Å². The first kappa shape index (κ1) is 19.9. The molecule has 0 radical (unpaired) electrons. The van der Waals surface area contributed by atoms with Gasteiger partial charge in [-0.2, -0.15) is 13.2 Å². The molecule has 0 N–H and O–H groups in total. The maximum absolute atomic E-state index is 12.8. The lowest BCUT2D eigenvalue weighted by Gasteiger charge is -2.35. The Kier molecular flexibility index (Phi) is 4.71. The van der Waals surface area contributed by atoms with E-state index >= 15 is 0 Å². The molecule has 0 atom stereocenters. The summed E-state index contributed by atoms with van der Waals surface area (Å²) >= 11 is 0. The highest BCUT2D eigenvalue weighted by atomic mass is 19.4. The van der Waals surface area contributed by atoms with Crippen molar-refractivity contribution in [2.24, 2.45) is 0 Å². The fourth-order valence-electron chi connectivity index (χ4n) is 3.56. The molecule has 0 unspecified atom stereocenters. The maximum atomic E-state index is 12.8. The molecular formula is C20H17F3N4O3. The highest BCUT2D eigenvalue weighted by molar-refractivity contribution is 6.21. The number of amides is 3. The average Bonchev–Trinajstić information content (AvgIpc) is 2.96. The number of hydrogen-bond donors (Lipinski definition) is 0. The Morgan fingerprint density at radius 3 is 2.23 bits per heavy atom. The number of anilines is 1. The smallest absolute Gasteiger partial charge is 0.353 e. The van der Waals surface area contributed by atoms with Crippen molar-refractivity contribution in [3.8, 4) is 0 Å². The zero-order chi connectivity index (χ0) is 21.6. The molecule has 0 saturated carbocycles. The third kappa shape index (κ3) is 3.38. The first-order valence-corrected chi connectivity index (χ1v) is 9.21. The number of pyridine rings is 1. The Morgan fingerprint density at radius 1 is 0.967 bits per heavy atom. The van der Waals surface area contributed by atoms with Gasteiger partial charge in [0.05, 0.1) is 16.7 Å². The van der Waals surface area contributed by atoms with Gasteiger partial charge in [0.25, 0.3) is 17.7 Å². The number of halogens is 3. The van der Waals surface area contributed by atoms with E-state index in [0.29, 0.717) is 37.6 Å². The van der Waals surface area contributed by atoms with Gasteiger partial charge in [-0.3, -0.25) is 19.3 Å². The van der Waals surface area contributed by atoms with E-state index in [4.69, 9.17) is 0 Å². The number of rotatable bonds is 2. The van der Waals surface area contributed by atoms with Crippen molar-refractivity contribution < 1.29 is 27.6 Å². The zero-order valence-corrected chi connectivity index (χ0v) is 15.9. The Hall–Kier alpha value is -3.43. The highest BCUT2D eigenvalue weighted by Crippen LogP contribution is 2.29. The molecule has 10 heteroatoms. The second kappa shape index (κ2) is 7.12. The number of hydrogen-bond acceptors (Lipinski definition) is 5. The van der Waals surface area contributed by atoms with Gasteiger partial charge >= 0.3 is 6.18 Å². The SMILES string of the molecule is CN1C(=O)c2ccc(C(=O)N3CCN(c4ccc(C(F)(F)F)cn4)CC3)cc2C1=O. The Bertz CT molecular complexity index is 1030. The molecule has 0 aliphatic carbocycles. The van der Waals surface area contributed by atoms with E-state index in [1.165, 1.54) is 31.3 Å². The van der Waals surface area contributed by atoms with Crippen LogP contribution in [0.4, 0.5) is 19.0 Å². The minimum atomic E-state index is -4.44. The fraction of sp³-hybridized carbons (Fsp3) is 0.300. The van der Waals surface area contributed by atoms with E-state index in [0.717, 1.165) is 17.2 Å². The van der Waals surface area contributed by atoms with Crippen molar-refractivity contribution in [3.63, 3.8) is 0 Å². The minimum Gasteiger partial charge on any atom is -0.353 e. The molecule has 30 heavy (non-hydrogen) atoms. The number of imide groups is 1. The third-order valence-electron chi connectivity index (χ3n) is 5.30. The first-order valence-electron chi connectivity index (χ1n) is 9.21. The van der Waals surface area contributed by atoms with E-state index in [-0.39, 0.29) is 17.0 Å². The third-order valence-corrected chi connectivity index (χ3v) is 5.30. The van der Waals surface area contributed by atoms with Crippen LogP contribution in [0.2, 0.25) is 0 Å². The molecule has 0 bridgehead atoms. The van der Waals surface area contributed by atoms with Crippen LogP contribution in [-0.2, 0) is 6.18 Å². The van der Waals surface area contributed by atoms with Crippen LogP contribution in [-0.4, -0.2) is 65.7 Å². The number of piperazine rings is 1. The summed E-state index contributed by atoms with van der Waals surface area (Å²) in [5.74, 6) is -0.693. The van der Waals surface area contributed by atoms with Crippen molar-refractivity contribution in [2.75, 3.05) is 38.1 Å². The number of aromatic nitrogens is 1. The lowest BCUT2D eigenvalue weighted by Crippen LogP contribution is -2.49. The summed E-state index contributed by atoms with van der Waals surface area (Å²) < 4.78 is 38.0. The van der Waals surface area contributed by atoms with Gasteiger partial charge in [0.1, 0.15) is 5.82 Å². The largest absolute Gasteiger partial charge is 0.417 e. The van der Waals surface area contributed by atoms with Crippen LogP contribution in [0, 0.1) is 0 Å². The Morgan fingerprint density at radius 2 is 1.63 bits per heavy atom. The van der Waals surface area contributed by atoms with E-state index in [2.05, 4.69) is 4.98 Å². The molecule has 2 aromatic rings. The summed E-state index contributed by atoms with van der Waals surface area (Å²) in [6.07, 6.45) is -3.64. The van der Waals surface area contributed by atoms with Gasteiger partial charge in [-0.15, -0.1) is 0 Å². The van der Waals surface area contributed by atoms with E-state index in [1.54, 1.807) is 4.90 Å². The molecule has 0 spiro atoms. The minimum absolute atomic E-state index is 0.209. The fourth-order valence-corrected chi connectivity index (χ4v) is 3.56. The molecule has 4 rings (SSSR count). The van der Waals surface area contributed by atoms with Gasteiger partial charge in [0.2, 0.25) is 0 Å². The van der Waals surface area contributed by atoms with Crippen molar-refractivity contribution in [3.05, 3.63) is 58.8 Å². The zero-order valence-electron chi connectivity index (χ0n) is 15.9. The topological polar surface area (TPSA) is 73.8 Å². The summed E-state index contributed by atoms with van der Waals surface area (Å²) in [5.41, 5.74) is -0.0140. The van der Waals surface area contributed by atoms with Gasteiger partial charge in [-0.25, -0.2) is 4.98 Å². The summed E-state index contributed by atoms with van der Waals surface area (Å²) in [4.78, 5) is 45.2. The summed E-state index contributed by atoms with van der Waals surface area (Å²) in [7, 11) is 1.39. The number of nitrogens with zero attached hydrogens (tertiary/aromatic N) is 4. The monoisotopic (exact) mass is 418 g/mol. The number of carbonyl (C=O) groups excluding carboxylic acids is 3. The Balaban J connectivity index is 1.43. The molecular weight excluding hydrogens is 401 g/mol. The average molecular weight is 418 g/mol. The van der Waals surface area contributed by atoms with Crippen molar-refractivity contribution >= 4 is 23.5 Å². The number of carbonyl (C=O) groups is 3. The maximum Gasteiger partial charge on any atom is 0.417 e. The second-order valence-corrected chi connectivity index (χ2v) is 7.11. The van der Waals surface area contributed by atoms with Crippen LogP contribution in [0.15, 0.2) is 36.5 Å². The Labute approximate surface area is 169 Å². The van der Waals surface area contributed by atoms with Gasteiger partial charge in [-0.05, 0) is 30.3 Å².